The standard InChI is InChI=1S/C17H22ClNO2/c1-3-19-9-10-20-16(12-19)13-21-17-7-6-15(5-4-8-18)11-14(17)2/h6-7,11,16H,3,8-10,12-13H2,1-2H3. The molecule has 4 heteroatoms. The molecule has 21 heavy (non-hydrogen) atoms. The lowest BCUT2D eigenvalue weighted by atomic mass is 10.1. The number of alkyl halides is 1. The molecule has 0 spiro atoms. The molecule has 1 aliphatic heterocycles. The Bertz CT molecular complexity index is 521. The highest BCUT2D eigenvalue weighted by molar-refractivity contribution is 6.19. The monoisotopic (exact) mass is 307 g/mol. The van der Waals surface area contributed by atoms with Crippen LogP contribution in [0.3, 0.4) is 0 Å². The Morgan fingerprint density at radius 3 is 3.05 bits per heavy atom. The Kier molecular flexibility index (Phi) is 6.38. The summed E-state index contributed by atoms with van der Waals surface area (Å²) in [6, 6.07) is 5.95. The van der Waals surface area contributed by atoms with Crippen LogP contribution in [0.2, 0.25) is 0 Å². The molecule has 1 aromatic carbocycles. The van der Waals surface area contributed by atoms with Crippen LogP contribution in [0.15, 0.2) is 18.2 Å². The first-order chi connectivity index (χ1) is 10.2. The molecule has 0 N–H and O–H groups in total. The molecule has 0 aliphatic carbocycles. The molecule has 0 saturated carbocycles. The predicted octanol–water partition coefficient (Wildman–Crippen LogP) is 2.68. The van der Waals surface area contributed by atoms with E-state index in [1.54, 1.807) is 0 Å². The van der Waals surface area contributed by atoms with Gasteiger partial charge in [0.2, 0.25) is 0 Å². The average Bonchev–Trinajstić information content (AvgIpc) is 2.52. The highest BCUT2D eigenvalue weighted by atomic mass is 35.5. The van der Waals surface area contributed by atoms with Crippen molar-refractivity contribution in [1.29, 1.82) is 0 Å². The Morgan fingerprint density at radius 2 is 2.33 bits per heavy atom. The summed E-state index contributed by atoms with van der Waals surface area (Å²) < 4.78 is 11.6. The van der Waals surface area contributed by atoms with E-state index in [9.17, 15) is 0 Å². The van der Waals surface area contributed by atoms with Crippen molar-refractivity contribution in [3.8, 4) is 17.6 Å². The lowest BCUT2D eigenvalue weighted by molar-refractivity contribution is -0.0464. The zero-order valence-electron chi connectivity index (χ0n) is 12.7. The molecule has 1 saturated heterocycles. The molecule has 1 fully saturated rings. The first-order valence-corrected chi connectivity index (χ1v) is 7.88. The van der Waals surface area contributed by atoms with Crippen LogP contribution in [0, 0.1) is 18.8 Å². The van der Waals surface area contributed by atoms with E-state index in [1.807, 2.05) is 25.1 Å². The largest absolute Gasteiger partial charge is 0.491 e. The van der Waals surface area contributed by atoms with Gasteiger partial charge >= 0.3 is 0 Å². The van der Waals surface area contributed by atoms with Gasteiger partial charge in [0.05, 0.1) is 12.5 Å². The number of rotatable bonds is 4. The fraction of sp³-hybridized carbons (Fsp3) is 0.529. The first kappa shape index (κ1) is 16.2. The zero-order chi connectivity index (χ0) is 15.1. The van der Waals surface area contributed by atoms with Crippen LogP contribution in [0.25, 0.3) is 0 Å². The van der Waals surface area contributed by atoms with Gasteiger partial charge in [0.25, 0.3) is 0 Å². The number of ether oxygens (including phenoxy) is 2. The number of morpholine rings is 1. The van der Waals surface area contributed by atoms with E-state index in [2.05, 4.69) is 23.7 Å². The highest BCUT2D eigenvalue weighted by Crippen LogP contribution is 2.19. The summed E-state index contributed by atoms with van der Waals surface area (Å²) in [4.78, 5) is 2.38. The second-order valence-electron chi connectivity index (χ2n) is 5.11. The minimum Gasteiger partial charge on any atom is -0.491 e. The number of likely N-dealkylation sites (N-methyl/N-ethyl adjacent to an activating group) is 1. The second kappa shape index (κ2) is 8.29. The number of aryl methyl sites for hydroxylation is 1. The molecule has 1 heterocycles. The molecule has 0 radical (unpaired) electrons. The average molecular weight is 308 g/mol. The quantitative estimate of drug-likeness (QED) is 0.630. The van der Waals surface area contributed by atoms with Crippen molar-refractivity contribution in [3.63, 3.8) is 0 Å². The van der Waals surface area contributed by atoms with Gasteiger partial charge in [-0.3, -0.25) is 4.90 Å². The molecular weight excluding hydrogens is 286 g/mol. The molecule has 0 bridgehead atoms. The van der Waals surface area contributed by atoms with Crippen molar-refractivity contribution in [2.75, 3.05) is 38.7 Å². The smallest absolute Gasteiger partial charge is 0.122 e. The highest BCUT2D eigenvalue weighted by Gasteiger charge is 2.19. The molecule has 1 aliphatic rings. The van der Waals surface area contributed by atoms with E-state index < -0.39 is 0 Å². The third kappa shape index (κ3) is 4.93. The third-order valence-electron chi connectivity index (χ3n) is 3.57. The Morgan fingerprint density at radius 1 is 1.48 bits per heavy atom. The number of benzene rings is 1. The SMILES string of the molecule is CCN1CCOC(COc2ccc(C#CCCl)cc2C)C1. The Hall–Kier alpha value is -1.21. The Balaban J connectivity index is 1.91. The fourth-order valence-corrected chi connectivity index (χ4v) is 2.44. The van der Waals surface area contributed by atoms with Crippen LogP contribution >= 0.6 is 11.6 Å². The molecule has 3 nitrogen and oxygen atoms in total. The maximum Gasteiger partial charge on any atom is 0.122 e. The Labute approximate surface area is 132 Å². The van der Waals surface area contributed by atoms with Crippen molar-refractivity contribution in [2.24, 2.45) is 0 Å². The van der Waals surface area contributed by atoms with Crippen molar-refractivity contribution < 1.29 is 9.47 Å². The lowest BCUT2D eigenvalue weighted by Gasteiger charge is -2.31. The number of halogens is 1. The van der Waals surface area contributed by atoms with Crippen molar-refractivity contribution in [2.45, 2.75) is 20.0 Å². The van der Waals surface area contributed by atoms with E-state index in [0.29, 0.717) is 12.5 Å². The van der Waals surface area contributed by atoms with E-state index in [-0.39, 0.29) is 6.10 Å². The summed E-state index contributed by atoms with van der Waals surface area (Å²) in [5.41, 5.74) is 2.05. The van der Waals surface area contributed by atoms with Crippen LogP contribution in [0.1, 0.15) is 18.1 Å². The molecule has 2 rings (SSSR count). The normalized spacial score (nSPS) is 18.9. The summed E-state index contributed by atoms with van der Waals surface area (Å²) in [6.45, 7) is 8.59. The minimum atomic E-state index is 0.147. The third-order valence-corrected chi connectivity index (χ3v) is 3.70. The summed E-state index contributed by atoms with van der Waals surface area (Å²) in [7, 11) is 0. The van der Waals surface area contributed by atoms with Gasteiger partial charge in [0.15, 0.2) is 0 Å². The molecular formula is C17H22ClNO2. The van der Waals surface area contributed by atoms with Gasteiger partial charge in [0.1, 0.15) is 18.5 Å². The summed E-state index contributed by atoms with van der Waals surface area (Å²) in [5.74, 6) is 7.11. The van der Waals surface area contributed by atoms with Crippen LogP contribution in [0.5, 0.6) is 5.75 Å². The molecule has 0 aromatic heterocycles. The summed E-state index contributed by atoms with van der Waals surface area (Å²) in [6.07, 6.45) is 0.147. The van der Waals surface area contributed by atoms with Crippen LogP contribution in [0.4, 0.5) is 0 Å². The molecule has 114 valence electrons. The van der Waals surface area contributed by atoms with E-state index in [0.717, 1.165) is 43.1 Å². The van der Waals surface area contributed by atoms with Crippen LogP contribution in [-0.4, -0.2) is 49.7 Å². The van der Waals surface area contributed by atoms with Crippen molar-refractivity contribution >= 4 is 11.6 Å². The van der Waals surface area contributed by atoms with E-state index >= 15 is 0 Å². The second-order valence-corrected chi connectivity index (χ2v) is 5.38. The summed E-state index contributed by atoms with van der Waals surface area (Å²) >= 11 is 5.57. The maximum atomic E-state index is 5.90. The van der Waals surface area contributed by atoms with Gasteiger partial charge in [0, 0.05) is 18.7 Å². The van der Waals surface area contributed by atoms with Crippen molar-refractivity contribution in [3.05, 3.63) is 29.3 Å². The van der Waals surface area contributed by atoms with Gasteiger partial charge < -0.3 is 9.47 Å². The lowest BCUT2D eigenvalue weighted by Crippen LogP contribution is -2.44. The molecule has 1 aromatic rings. The number of hydrogen-bond acceptors (Lipinski definition) is 3. The fourth-order valence-electron chi connectivity index (χ4n) is 2.38. The minimum absolute atomic E-state index is 0.147. The molecule has 1 atom stereocenters. The number of hydrogen-bond donors (Lipinski definition) is 0. The first-order valence-electron chi connectivity index (χ1n) is 7.35. The maximum absolute atomic E-state index is 5.90. The van der Waals surface area contributed by atoms with Crippen LogP contribution < -0.4 is 4.74 Å². The van der Waals surface area contributed by atoms with Gasteiger partial charge in [-0.2, -0.15) is 0 Å². The van der Waals surface area contributed by atoms with Gasteiger partial charge in [-0.1, -0.05) is 18.8 Å². The molecule has 1 unspecified atom stereocenters. The van der Waals surface area contributed by atoms with E-state index in [4.69, 9.17) is 21.1 Å². The van der Waals surface area contributed by atoms with Gasteiger partial charge in [-0.05, 0) is 37.2 Å². The van der Waals surface area contributed by atoms with Crippen LogP contribution in [-0.2, 0) is 4.74 Å². The van der Waals surface area contributed by atoms with E-state index in [1.165, 1.54) is 0 Å². The zero-order valence-corrected chi connectivity index (χ0v) is 13.4. The predicted molar refractivity (Wildman–Crippen MR) is 86.1 cm³/mol. The van der Waals surface area contributed by atoms with Gasteiger partial charge in [-0.15, -0.1) is 11.6 Å². The molecule has 0 amide bonds. The number of nitrogens with zero attached hydrogens (tertiary/aromatic N) is 1. The van der Waals surface area contributed by atoms with Gasteiger partial charge in [-0.25, -0.2) is 0 Å². The topological polar surface area (TPSA) is 21.7 Å². The summed E-state index contributed by atoms with van der Waals surface area (Å²) in [5, 5.41) is 0. The van der Waals surface area contributed by atoms with Crippen molar-refractivity contribution in [1.82, 2.24) is 4.90 Å².